The molecule has 1 aromatic heterocycles. The number of rotatable bonds is 3. The Morgan fingerprint density at radius 3 is 2.90 bits per heavy atom. The maximum atomic E-state index is 11.7. The smallest absolute Gasteiger partial charge is 0.330 e. The molecule has 1 saturated heterocycles. The van der Waals surface area contributed by atoms with Gasteiger partial charge in [0.15, 0.2) is 12.3 Å². The monoisotopic (exact) mass is 282 g/mol. The van der Waals surface area contributed by atoms with Gasteiger partial charge in [-0.25, -0.2) is 4.79 Å². The van der Waals surface area contributed by atoms with Crippen molar-refractivity contribution in [2.75, 3.05) is 6.61 Å². The average Bonchev–Trinajstić information content (AvgIpc) is 2.73. The number of aliphatic hydroxyl groups is 2. The highest BCUT2D eigenvalue weighted by Gasteiger charge is 2.46. The topological polar surface area (TPSA) is 114 Å². The van der Waals surface area contributed by atoms with Gasteiger partial charge >= 0.3 is 5.69 Å². The van der Waals surface area contributed by atoms with Crippen molar-refractivity contribution < 1.29 is 19.7 Å². The Kier molecular flexibility index (Phi) is 4.24. The van der Waals surface area contributed by atoms with Crippen LogP contribution in [0.4, 0.5) is 0 Å². The number of nitrogens with one attached hydrogen (secondary N) is 1. The van der Waals surface area contributed by atoms with E-state index in [1.54, 1.807) is 6.92 Å². The third-order valence-electron chi connectivity index (χ3n) is 2.92. The summed E-state index contributed by atoms with van der Waals surface area (Å²) in [7, 11) is 0. The second-order valence-corrected chi connectivity index (χ2v) is 4.19. The summed E-state index contributed by atoms with van der Waals surface area (Å²) in [4.78, 5) is 24.9. The van der Waals surface area contributed by atoms with E-state index in [0.29, 0.717) is 0 Å². The zero-order valence-electron chi connectivity index (χ0n) is 10.6. The highest BCUT2D eigenvalue weighted by atomic mass is 16.6. The number of H-pyrrole nitrogens is 1. The van der Waals surface area contributed by atoms with Crippen LogP contribution in [-0.2, 0) is 9.47 Å². The number of nitrogens with zero attached hydrogens (tertiary/aromatic N) is 1. The molecule has 108 valence electrons. The summed E-state index contributed by atoms with van der Waals surface area (Å²) in [6, 6.07) is 1.14. The summed E-state index contributed by atoms with van der Waals surface area (Å²) in [5.74, 6) is 2.50. The number of hydrogen-bond acceptors (Lipinski definition) is 6. The fraction of sp³-hybridized carbons (Fsp3) is 0.500. The van der Waals surface area contributed by atoms with Crippen LogP contribution in [0.3, 0.4) is 0 Å². The number of aromatic nitrogens is 2. The van der Waals surface area contributed by atoms with Gasteiger partial charge < -0.3 is 19.7 Å². The zero-order valence-corrected chi connectivity index (χ0v) is 10.6. The van der Waals surface area contributed by atoms with E-state index >= 15 is 0 Å². The number of hydrogen-bond donors (Lipinski definition) is 3. The van der Waals surface area contributed by atoms with Gasteiger partial charge in [-0.2, -0.15) is 0 Å². The first-order chi connectivity index (χ1) is 9.58. The molecular weight excluding hydrogens is 268 g/mol. The fourth-order valence-corrected chi connectivity index (χ4v) is 1.97. The fourth-order valence-electron chi connectivity index (χ4n) is 1.97. The lowest BCUT2D eigenvalue weighted by atomic mass is 10.1. The van der Waals surface area contributed by atoms with Gasteiger partial charge in [-0.05, 0) is 0 Å². The Balaban J connectivity index is 2.38. The van der Waals surface area contributed by atoms with Crippen LogP contribution in [0.5, 0.6) is 0 Å². The normalized spacial score (nSPS) is 28.8. The molecule has 0 aliphatic carbocycles. The van der Waals surface area contributed by atoms with Gasteiger partial charge in [0.2, 0.25) is 0 Å². The van der Waals surface area contributed by atoms with Crippen molar-refractivity contribution >= 4 is 0 Å². The molecule has 8 nitrogen and oxygen atoms in total. The summed E-state index contributed by atoms with van der Waals surface area (Å²) in [5.41, 5.74) is -1.25. The molecule has 0 saturated carbocycles. The lowest BCUT2D eigenvalue weighted by Crippen LogP contribution is -2.38. The van der Waals surface area contributed by atoms with Crippen LogP contribution >= 0.6 is 0 Å². The third kappa shape index (κ3) is 2.60. The van der Waals surface area contributed by atoms with Crippen LogP contribution in [0.1, 0.15) is 13.2 Å². The maximum absolute atomic E-state index is 11.7. The molecule has 1 aromatic rings. The van der Waals surface area contributed by atoms with Crippen LogP contribution in [0.25, 0.3) is 0 Å². The number of aromatic amines is 1. The van der Waals surface area contributed by atoms with E-state index in [2.05, 4.69) is 17.0 Å². The molecule has 0 unspecified atom stereocenters. The average molecular weight is 282 g/mol. The van der Waals surface area contributed by atoms with Crippen molar-refractivity contribution in [2.45, 2.75) is 31.5 Å². The summed E-state index contributed by atoms with van der Waals surface area (Å²) in [6.07, 6.45) is -0.430. The Morgan fingerprint density at radius 1 is 1.55 bits per heavy atom. The van der Waals surface area contributed by atoms with E-state index < -0.39 is 42.4 Å². The molecule has 4 atom stereocenters. The van der Waals surface area contributed by atoms with Crippen molar-refractivity contribution in [3.8, 4) is 12.0 Å². The first-order valence-electron chi connectivity index (χ1n) is 5.91. The van der Waals surface area contributed by atoms with Crippen molar-refractivity contribution in [1.29, 1.82) is 0 Å². The van der Waals surface area contributed by atoms with Crippen LogP contribution in [0.2, 0.25) is 0 Å². The summed E-state index contributed by atoms with van der Waals surface area (Å²) < 4.78 is 11.6. The highest BCUT2D eigenvalue weighted by Crippen LogP contribution is 2.30. The molecule has 0 aromatic carbocycles. The van der Waals surface area contributed by atoms with Crippen LogP contribution < -0.4 is 11.2 Å². The Labute approximate surface area is 113 Å². The largest absolute Gasteiger partial charge is 0.436 e. The van der Waals surface area contributed by atoms with Gasteiger partial charge in [-0.1, -0.05) is 5.92 Å². The van der Waals surface area contributed by atoms with Crippen molar-refractivity contribution in [3.63, 3.8) is 0 Å². The highest BCUT2D eigenvalue weighted by molar-refractivity contribution is 4.97. The quantitative estimate of drug-likeness (QED) is 0.561. The van der Waals surface area contributed by atoms with Gasteiger partial charge in [0.05, 0.1) is 6.61 Å². The molecule has 1 aliphatic rings. The zero-order chi connectivity index (χ0) is 14.7. The first-order valence-corrected chi connectivity index (χ1v) is 5.91. The van der Waals surface area contributed by atoms with E-state index in [-0.39, 0.29) is 0 Å². The molecular formula is C12H14N2O6. The van der Waals surface area contributed by atoms with Gasteiger partial charge in [0.25, 0.3) is 5.56 Å². The molecule has 0 radical (unpaired) electrons. The van der Waals surface area contributed by atoms with E-state index in [9.17, 15) is 14.7 Å². The maximum Gasteiger partial charge on any atom is 0.330 e. The lowest BCUT2D eigenvalue weighted by Gasteiger charge is -2.19. The van der Waals surface area contributed by atoms with Crippen molar-refractivity contribution in [1.82, 2.24) is 9.55 Å². The van der Waals surface area contributed by atoms with Crippen LogP contribution in [0, 0.1) is 12.0 Å². The predicted octanol–water partition coefficient (Wildman–Crippen LogP) is -1.85. The Morgan fingerprint density at radius 2 is 2.30 bits per heavy atom. The molecule has 8 heteroatoms. The Hall–Kier alpha value is -2.08. The minimum Gasteiger partial charge on any atom is -0.436 e. The minimum absolute atomic E-state index is 0.435. The van der Waals surface area contributed by atoms with Gasteiger partial charge in [-0.3, -0.25) is 14.3 Å². The molecule has 0 spiro atoms. The van der Waals surface area contributed by atoms with Gasteiger partial charge in [-0.15, -0.1) is 0 Å². The minimum atomic E-state index is -1.15. The van der Waals surface area contributed by atoms with Gasteiger partial charge in [0, 0.05) is 19.2 Å². The van der Waals surface area contributed by atoms with Crippen molar-refractivity contribution in [2.24, 2.45) is 0 Å². The molecule has 3 N–H and O–H groups in total. The van der Waals surface area contributed by atoms with Crippen LogP contribution in [0.15, 0.2) is 21.9 Å². The lowest BCUT2D eigenvalue weighted by molar-refractivity contribution is -0.0549. The second-order valence-electron chi connectivity index (χ2n) is 4.19. The Bertz CT molecular complexity index is 640. The van der Waals surface area contributed by atoms with E-state index in [1.165, 1.54) is 6.20 Å². The molecule has 0 amide bonds. The van der Waals surface area contributed by atoms with Crippen molar-refractivity contribution in [3.05, 3.63) is 33.1 Å². The van der Waals surface area contributed by atoms with E-state index in [4.69, 9.17) is 14.6 Å². The summed E-state index contributed by atoms with van der Waals surface area (Å²) in [5, 5.41) is 19.1. The summed E-state index contributed by atoms with van der Waals surface area (Å²) in [6.45, 7) is 1.11. The first kappa shape index (κ1) is 14.3. The molecule has 2 heterocycles. The molecule has 1 fully saturated rings. The van der Waals surface area contributed by atoms with E-state index in [1.807, 2.05) is 0 Å². The molecule has 20 heavy (non-hydrogen) atoms. The third-order valence-corrected chi connectivity index (χ3v) is 2.92. The predicted molar refractivity (Wildman–Crippen MR) is 66.6 cm³/mol. The second kappa shape index (κ2) is 5.92. The van der Waals surface area contributed by atoms with Crippen LogP contribution in [-0.4, -0.2) is 44.7 Å². The van der Waals surface area contributed by atoms with E-state index in [0.717, 1.165) is 10.6 Å². The van der Waals surface area contributed by atoms with Gasteiger partial charge in [0.1, 0.15) is 18.3 Å². The summed E-state index contributed by atoms with van der Waals surface area (Å²) >= 11 is 0. The molecule has 2 rings (SSSR count). The SMILES string of the molecule is CC#CO[C@@H]1[C@H](O)[C@@H](CO)O[C@H]1n1ccc(=O)[nH]c1=O. The number of ether oxygens (including phenoxy) is 2. The standard InChI is InChI=1S/C12H14N2O6/c1-2-5-19-10-9(17)7(6-15)20-11(10)14-4-3-8(16)13-12(14)18/h3-4,7,9-11,15,17H,6H2,1H3,(H,13,16,18)/t7-,9-,10-,11-/m1/s1. The number of aliphatic hydroxyl groups excluding tert-OH is 2. The molecule has 1 aliphatic heterocycles. The molecule has 0 bridgehead atoms.